The summed E-state index contributed by atoms with van der Waals surface area (Å²) < 4.78 is 0. The second-order valence-electron chi connectivity index (χ2n) is 5.03. The standard InChI is InChI=1S/C8H15NO.C6H11NO/c10-8-6-4-2-1-3-5-7-9-8;8-6-4-2-1-3-5-7-6/h1-7H2,(H,9,10);1-5H2,(H,7,8). The number of amides is 2. The SMILES string of the molecule is O=C1CCCCCCCN1.O=C1CCCCCN1. The van der Waals surface area contributed by atoms with E-state index >= 15 is 0 Å². The maximum atomic E-state index is 10.9. The molecule has 0 radical (unpaired) electrons. The maximum absolute atomic E-state index is 10.9. The van der Waals surface area contributed by atoms with Crippen molar-refractivity contribution in [2.45, 2.75) is 64.2 Å². The Bertz CT molecular complexity index is 232. The van der Waals surface area contributed by atoms with Gasteiger partial charge in [-0.2, -0.15) is 0 Å². The van der Waals surface area contributed by atoms with Crippen molar-refractivity contribution in [2.24, 2.45) is 0 Å². The van der Waals surface area contributed by atoms with Crippen molar-refractivity contribution in [1.29, 1.82) is 0 Å². The molecule has 18 heavy (non-hydrogen) atoms. The Morgan fingerprint density at radius 3 is 1.50 bits per heavy atom. The van der Waals surface area contributed by atoms with Crippen LogP contribution in [0.3, 0.4) is 0 Å². The summed E-state index contributed by atoms with van der Waals surface area (Å²) in [6, 6.07) is 0. The van der Waals surface area contributed by atoms with Gasteiger partial charge in [0, 0.05) is 25.9 Å². The lowest BCUT2D eigenvalue weighted by Gasteiger charge is -1.99. The number of carbonyl (C=O) groups excluding carboxylic acids is 2. The summed E-state index contributed by atoms with van der Waals surface area (Å²) >= 11 is 0. The minimum Gasteiger partial charge on any atom is -0.356 e. The van der Waals surface area contributed by atoms with Gasteiger partial charge in [0.05, 0.1) is 0 Å². The van der Waals surface area contributed by atoms with Crippen LogP contribution in [0.1, 0.15) is 64.2 Å². The largest absolute Gasteiger partial charge is 0.356 e. The molecule has 0 bridgehead atoms. The van der Waals surface area contributed by atoms with Gasteiger partial charge in [-0.15, -0.1) is 0 Å². The van der Waals surface area contributed by atoms with Crippen molar-refractivity contribution in [2.75, 3.05) is 13.1 Å². The molecule has 2 saturated heterocycles. The Balaban J connectivity index is 0.000000184. The molecule has 0 unspecified atom stereocenters. The first-order valence-electron chi connectivity index (χ1n) is 7.32. The average molecular weight is 254 g/mol. The van der Waals surface area contributed by atoms with E-state index in [1.165, 1.54) is 25.7 Å². The van der Waals surface area contributed by atoms with Gasteiger partial charge < -0.3 is 10.6 Å². The van der Waals surface area contributed by atoms with Crippen molar-refractivity contribution >= 4 is 11.8 Å². The molecule has 2 aliphatic rings. The van der Waals surface area contributed by atoms with E-state index in [0.29, 0.717) is 0 Å². The van der Waals surface area contributed by atoms with E-state index in [1.807, 2.05) is 0 Å². The van der Waals surface area contributed by atoms with E-state index in [9.17, 15) is 9.59 Å². The van der Waals surface area contributed by atoms with Crippen molar-refractivity contribution in [3.05, 3.63) is 0 Å². The Labute approximate surface area is 110 Å². The highest BCUT2D eigenvalue weighted by Gasteiger charge is 2.03. The summed E-state index contributed by atoms with van der Waals surface area (Å²) in [7, 11) is 0. The monoisotopic (exact) mass is 254 g/mol. The average Bonchev–Trinajstić information content (AvgIpc) is 2.53. The number of carbonyl (C=O) groups is 2. The second-order valence-corrected chi connectivity index (χ2v) is 5.03. The van der Waals surface area contributed by atoms with Gasteiger partial charge in [0.1, 0.15) is 0 Å². The number of rotatable bonds is 0. The lowest BCUT2D eigenvalue weighted by Crippen LogP contribution is -2.23. The van der Waals surface area contributed by atoms with Crippen LogP contribution in [0, 0.1) is 0 Å². The lowest BCUT2D eigenvalue weighted by molar-refractivity contribution is -0.121. The van der Waals surface area contributed by atoms with Gasteiger partial charge in [0.15, 0.2) is 0 Å². The van der Waals surface area contributed by atoms with Gasteiger partial charge in [-0.25, -0.2) is 0 Å². The topological polar surface area (TPSA) is 58.2 Å². The molecule has 0 aromatic rings. The van der Waals surface area contributed by atoms with Gasteiger partial charge in [-0.1, -0.05) is 25.7 Å². The first-order valence-corrected chi connectivity index (χ1v) is 7.32. The van der Waals surface area contributed by atoms with E-state index in [-0.39, 0.29) is 11.8 Å². The summed E-state index contributed by atoms with van der Waals surface area (Å²) in [6.45, 7) is 1.78. The van der Waals surface area contributed by atoms with Crippen molar-refractivity contribution < 1.29 is 9.59 Å². The van der Waals surface area contributed by atoms with Crippen LogP contribution in [0.5, 0.6) is 0 Å². The molecule has 2 rings (SSSR count). The molecule has 4 heteroatoms. The van der Waals surface area contributed by atoms with E-state index < -0.39 is 0 Å². The van der Waals surface area contributed by atoms with Gasteiger partial charge >= 0.3 is 0 Å². The number of hydrogen-bond acceptors (Lipinski definition) is 2. The van der Waals surface area contributed by atoms with Crippen LogP contribution >= 0.6 is 0 Å². The third-order valence-corrected chi connectivity index (χ3v) is 3.31. The molecule has 0 aromatic heterocycles. The predicted octanol–water partition coefficient (Wildman–Crippen LogP) is 2.13. The molecular formula is C14H26N2O2. The summed E-state index contributed by atoms with van der Waals surface area (Å²) in [6.07, 6.45) is 11.0. The third-order valence-electron chi connectivity index (χ3n) is 3.31. The molecular weight excluding hydrogens is 228 g/mol. The Hall–Kier alpha value is -1.06. The molecule has 2 amide bonds. The quantitative estimate of drug-likeness (QED) is 0.696. The van der Waals surface area contributed by atoms with Crippen LogP contribution in [-0.2, 0) is 9.59 Å². The highest BCUT2D eigenvalue weighted by molar-refractivity contribution is 5.76. The molecule has 104 valence electrons. The second kappa shape index (κ2) is 9.92. The van der Waals surface area contributed by atoms with Gasteiger partial charge in [0.2, 0.25) is 11.8 Å². The summed E-state index contributed by atoms with van der Waals surface area (Å²) in [4.78, 5) is 21.4. The Morgan fingerprint density at radius 1 is 0.556 bits per heavy atom. The fourth-order valence-corrected chi connectivity index (χ4v) is 2.16. The van der Waals surface area contributed by atoms with E-state index in [4.69, 9.17) is 0 Å². The first kappa shape index (κ1) is 15.0. The van der Waals surface area contributed by atoms with Gasteiger partial charge in [0.25, 0.3) is 0 Å². The predicted molar refractivity (Wildman–Crippen MR) is 72.2 cm³/mol. The van der Waals surface area contributed by atoms with E-state index in [1.54, 1.807) is 0 Å². The fourth-order valence-electron chi connectivity index (χ4n) is 2.16. The lowest BCUT2D eigenvalue weighted by atomic mass is 10.1. The number of hydrogen-bond donors (Lipinski definition) is 2. The highest BCUT2D eigenvalue weighted by Crippen LogP contribution is 2.06. The molecule has 2 fully saturated rings. The molecule has 0 spiro atoms. The minimum absolute atomic E-state index is 0.225. The minimum atomic E-state index is 0.225. The van der Waals surface area contributed by atoms with Crippen LogP contribution in [0.15, 0.2) is 0 Å². The number of nitrogens with one attached hydrogen (secondary N) is 2. The highest BCUT2D eigenvalue weighted by atomic mass is 16.2. The van der Waals surface area contributed by atoms with Crippen LogP contribution in [0.25, 0.3) is 0 Å². The molecule has 0 aliphatic carbocycles. The smallest absolute Gasteiger partial charge is 0.219 e. The molecule has 4 nitrogen and oxygen atoms in total. The zero-order chi connectivity index (χ0) is 13.1. The summed E-state index contributed by atoms with van der Waals surface area (Å²) in [5.74, 6) is 0.462. The Morgan fingerprint density at radius 2 is 0.944 bits per heavy atom. The molecule has 2 N–H and O–H groups in total. The fraction of sp³-hybridized carbons (Fsp3) is 0.857. The van der Waals surface area contributed by atoms with Gasteiger partial charge in [-0.3, -0.25) is 9.59 Å². The maximum Gasteiger partial charge on any atom is 0.219 e. The molecule has 0 saturated carbocycles. The van der Waals surface area contributed by atoms with Crippen molar-refractivity contribution in [3.63, 3.8) is 0 Å². The van der Waals surface area contributed by atoms with Gasteiger partial charge in [-0.05, 0) is 25.7 Å². The summed E-state index contributed by atoms with van der Waals surface area (Å²) in [5.41, 5.74) is 0. The Kier molecular flexibility index (Phi) is 8.26. The molecule has 2 heterocycles. The van der Waals surface area contributed by atoms with Crippen LogP contribution < -0.4 is 10.6 Å². The first-order chi connectivity index (χ1) is 8.79. The molecule has 2 aliphatic heterocycles. The van der Waals surface area contributed by atoms with E-state index in [0.717, 1.165) is 51.6 Å². The normalized spacial score (nSPS) is 22.0. The third kappa shape index (κ3) is 8.09. The van der Waals surface area contributed by atoms with Crippen molar-refractivity contribution in [1.82, 2.24) is 10.6 Å². The van der Waals surface area contributed by atoms with Crippen LogP contribution in [0.4, 0.5) is 0 Å². The zero-order valence-electron chi connectivity index (χ0n) is 11.3. The van der Waals surface area contributed by atoms with Crippen LogP contribution in [0.2, 0.25) is 0 Å². The summed E-state index contributed by atoms with van der Waals surface area (Å²) in [5, 5.41) is 5.69. The van der Waals surface area contributed by atoms with Crippen LogP contribution in [-0.4, -0.2) is 24.9 Å². The molecule has 0 aromatic carbocycles. The van der Waals surface area contributed by atoms with Crippen molar-refractivity contribution in [3.8, 4) is 0 Å². The zero-order valence-corrected chi connectivity index (χ0v) is 11.3. The molecule has 0 atom stereocenters. The van der Waals surface area contributed by atoms with E-state index in [2.05, 4.69) is 10.6 Å².